The van der Waals surface area contributed by atoms with Crippen LogP contribution < -0.4 is 5.43 Å². The molecule has 40 heavy (non-hydrogen) atoms. The third-order valence-corrected chi connectivity index (χ3v) is 7.13. The Morgan fingerprint density at radius 2 is 1.57 bits per heavy atom. The first-order valence-corrected chi connectivity index (χ1v) is 12.3. The minimum absolute atomic E-state index is 0.0497. The largest absolute Gasteiger partial charge is 0.507 e. The molecule has 2 aliphatic heterocycles. The van der Waals surface area contributed by atoms with Crippen LogP contribution in [0, 0.1) is 0 Å². The number of ether oxygens (including phenoxy) is 3. The summed E-state index contributed by atoms with van der Waals surface area (Å²) in [5.41, 5.74) is -1.19. The molecule has 2 saturated heterocycles. The molecule has 0 unspecified atom stereocenters. The summed E-state index contributed by atoms with van der Waals surface area (Å²) in [5.74, 6) is -2.33. The van der Waals surface area contributed by atoms with Gasteiger partial charge in [0.05, 0.1) is 18.3 Å². The zero-order valence-corrected chi connectivity index (χ0v) is 20.9. The van der Waals surface area contributed by atoms with Crippen LogP contribution in [-0.2, 0) is 14.2 Å². The Labute approximate surface area is 225 Å². The molecule has 9 atom stereocenters. The molecule has 14 heteroatoms. The van der Waals surface area contributed by atoms with Crippen molar-refractivity contribution in [3.63, 3.8) is 0 Å². The van der Waals surface area contributed by atoms with E-state index in [4.69, 9.17) is 18.6 Å². The molecular formula is C26H28O14. The van der Waals surface area contributed by atoms with Gasteiger partial charge in [-0.1, -0.05) is 0 Å². The summed E-state index contributed by atoms with van der Waals surface area (Å²) >= 11 is 0. The molecule has 0 bridgehead atoms. The van der Waals surface area contributed by atoms with Crippen molar-refractivity contribution in [2.24, 2.45) is 0 Å². The minimum Gasteiger partial charge on any atom is -0.507 e. The predicted octanol–water partition coefficient (Wildman–Crippen LogP) is -0.712. The summed E-state index contributed by atoms with van der Waals surface area (Å²) in [4.78, 5) is 13.1. The van der Waals surface area contributed by atoms with E-state index < -0.39 is 95.7 Å². The Kier molecular flexibility index (Phi) is 7.37. The second kappa shape index (κ2) is 10.5. The summed E-state index contributed by atoms with van der Waals surface area (Å²) in [6.07, 6.45) is -13.8. The standard InChI is InChI=1S/C26H28O14/c1-8-19(32)22(35)23(36)26(38-8)40-25-20(33)14(31)7-37-24(25)18-13(30)6-16-17(21(18)34)12(29)5-15(39-16)9-2-3-10(27)11(28)4-9/h2-6,8,14,19-20,22-28,30-36H,7H2,1H3/t8-,14-,19-,20-,22-,23+,24-,25-,26-/m0/s1. The maximum atomic E-state index is 13.1. The van der Waals surface area contributed by atoms with Gasteiger partial charge in [-0.2, -0.15) is 0 Å². The normalized spacial score (nSPS) is 32.8. The number of aliphatic hydroxyl groups is 5. The third kappa shape index (κ3) is 4.74. The predicted molar refractivity (Wildman–Crippen MR) is 133 cm³/mol. The first-order valence-electron chi connectivity index (χ1n) is 12.3. The van der Waals surface area contributed by atoms with E-state index in [0.717, 1.165) is 18.2 Å². The van der Waals surface area contributed by atoms with Gasteiger partial charge in [-0.05, 0) is 25.1 Å². The molecule has 0 radical (unpaired) electrons. The lowest BCUT2D eigenvalue weighted by atomic mass is 9.91. The van der Waals surface area contributed by atoms with E-state index in [1.807, 2.05) is 0 Å². The zero-order valence-electron chi connectivity index (χ0n) is 20.9. The average molecular weight is 564 g/mol. The molecule has 0 saturated carbocycles. The highest BCUT2D eigenvalue weighted by atomic mass is 16.7. The van der Waals surface area contributed by atoms with Crippen molar-refractivity contribution in [1.82, 2.24) is 0 Å². The number of rotatable bonds is 4. The van der Waals surface area contributed by atoms with Crippen LogP contribution in [0.15, 0.2) is 39.5 Å². The molecular weight excluding hydrogens is 536 g/mol. The number of fused-ring (bicyclic) bond motifs is 1. The number of phenols is 4. The first-order chi connectivity index (χ1) is 18.9. The number of aliphatic hydroxyl groups excluding tert-OH is 5. The molecule has 216 valence electrons. The summed E-state index contributed by atoms with van der Waals surface area (Å²) in [5, 5.41) is 92.4. The fourth-order valence-corrected chi connectivity index (χ4v) is 4.88. The van der Waals surface area contributed by atoms with Gasteiger partial charge >= 0.3 is 0 Å². The van der Waals surface area contributed by atoms with Crippen molar-refractivity contribution < 1.29 is 64.6 Å². The Bertz CT molecular complexity index is 1470. The third-order valence-electron chi connectivity index (χ3n) is 7.13. The topological polar surface area (TPSA) is 240 Å². The van der Waals surface area contributed by atoms with E-state index in [2.05, 4.69) is 0 Å². The van der Waals surface area contributed by atoms with E-state index in [0.29, 0.717) is 0 Å². The summed E-state index contributed by atoms with van der Waals surface area (Å²) in [7, 11) is 0. The van der Waals surface area contributed by atoms with Gasteiger partial charge in [-0.3, -0.25) is 4.79 Å². The Hall–Kier alpha value is -3.47. The molecule has 0 amide bonds. The van der Waals surface area contributed by atoms with E-state index in [-0.39, 0.29) is 22.3 Å². The van der Waals surface area contributed by atoms with Crippen LogP contribution in [0.25, 0.3) is 22.3 Å². The molecule has 5 rings (SSSR count). The van der Waals surface area contributed by atoms with Crippen LogP contribution >= 0.6 is 0 Å². The first kappa shape index (κ1) is 28.1. The van der Waals surface area contributed by atoms with Crippen LogP contribution in [0.1, 0.15) is 18.6 Å². The van der Waals surface area contributed by atoms with Gasteiger partial charge in [0.1, 0.15) is 71.0 Å². The minimum atomic E-state index is -1.78. The molecule has 3 aromatic rings. The van der Waals surface area contributed by atoms with Crippen molar-refractivity contribution in [3.05, 3.63) is 46.1 Å². The number of phenolic OH excluding ortho intramolecular Hbond substituents is 4. The highest BCUT2D eigenvalue weighted by Crippen LogP contribution is 2.45. The fraction of sp³-hybridized carbons (Fsp3) is 0.423. The van der Waals surface area contributed by atoms with Gasteiger partial charge in [-0.15, -0.1) is 0 Å². The fourth-order valence-electron chi connectivity index (χ4n) is 4.88. The molecule has 14 nitrogen and oxygen atoms in total. The molecule has 2 aliphatic rings. The SMILES string of the molecule is C[C@@H]1O[C@@H](O[C@H]2[C@@H](O)[C@@H](O)CO[C@H]2c2c(O)cc3oc(-c4ccc(O)c(O)c4)cc(=O)c3c2O)[C@H](O)[C@@H](O)[C@H]1O. The van der Waals surface area contributed by atoms with Gasteiger partial charge in [0.2, 0.25) is 0 Å². The Morgan fingerprint density at radius 1 is 0.850 bits per heavy atom. The van der Waals surface area contributed by atoms with E-state index in [1.165, 1.54) is 19.1 Å². The molecule has 2 fully saturated rings. The number of aromatic hydroxyl groups is 4. The van der Waals surface area contributed by atoms with Crippen molar-refractivity contribution in [2.45, 2.75) is 62.0 Å². The Morgan fingerprint density at radius 3 is 2.27 bits per heavy atom. The van der Waals surface area contributed by atoms with Crippen molar-refractivity contribution in [3.8, 4) is 34.3 Å². The highest BCUT2D eigenvalue weighted by molar-refractivity contribution is 5.88. The van der Waals surface area contributed by atoms with Crippen molar-refractivity contribution in [2.75, 3.05) is 6.61 Å². The van der Waals surface area contributed by atoms with Crippen LogP contribution in [-0.4, -0.2) is 102 Å². The number of hydrogen-bond donors (Lipinski definition) is 9. The van der Waals surface area contributed by atoms with E-state index in [1.54, 1.807) is 0 Å². The van der Waals surface area contributed by atoms with Gasteiger partial charge < -0.3 is 64.6 Å². The molecule has 0 aliphatic carbocycles. The lowest BCUT2D eigenvalue weighted by Gasteiger charge is -2.44. The van der Waals surface area contributed by atoms with Crippen molar-refractivity contribution in [1.29, 1.82) is 0 Å². The van der Waals surface area contributed by atoms with E-state index in [9.17, 15) is 50.8 Å². The maximum Gasteiger partial charge on any atom is 0.197 e. The lowest BCUT2D eigenvalue weighted by Crippen LogP contribution is -2.60. The molecule has 1 aromatic heterocycles. The quantitative estimate of drug-likeness (QED) is 0.178. The number of benzene rings is 2. The van der Waals surface area contributed by atoms with Crippen LogP contribution in [0.2, 0.25) is 0 Å². The summed E-state index contributed by atoms with van der Waals surface area (Å²) < 4.78 is 22.4. The van der Waals surface area contributed by atoms with Gasteiger partial charge in [0, 0.05) is 17.7 Å². The average Bonchev–Trinajstić information content (AvgIpc) is 2.90. The maximum absolute atomic E-state index is 13.1. The molecule has 0 spiro atoms. The van der Waals surface area contributed by atoms with Gasteiger partial charge in [0.25, 0.3) is 0 Å². The van der Waals surface area contributed by atoms with Gasteiger partial charge in [-0.25, -0.2) is 0 Å². The van der Waals surface area contributed by atoms with Gasteiger partial charge in [0.15, 0.2) is 23.2 Å². The van der Waals surface area contributed by atoms with Crippen LogP contribution in [0.5, 0.6) is 23.0 Å². The number of hydrogen-bond acceptors (Lipinski definition) is 14. The van der Waals surface area contributed by atoms with E-state index >= 15 is 0 Å². The monoisotopic (exact) mass is 564 g/mol. The summed E-state index contributed by atoms with van der Waals surface area (Å²) in [6.45, 7) is 0.941. The highest BCUT2D eigenvalue weighted by Gasteiger charge is 2.49. The smallest absolute Gasteiger partial charge is 0.197 e. The van der Waals surface area contributed by atoms with Crippen LogP contribution in [0.3, 0.4) is 0 Å². The lowest BCUT2D eigenvalue weighted by molar-refractivity contribution is -0.331. The van der Waals surface area contributed by atoms with Crippen molar-refractivity contribution >= 4 is 11.0 Å². The zero-order chi connectivity index (χ0) is 29.0. The molecule has 9 N–H and O–H groups in total. The summed E-state index contributed by atoms with van der Waals surface area (Å²) in [6, 6.07) is 5.73. The molecule has 2 aromatic carbocycles. The Balaban J connectivity index is 1.56. The molecule has 3 heterocycles. The van der Waals surface area contributed by atoms with Crippen LogP contribution in [0.4, 0.5) is 0 Å². The second-order valence-corrected chi connectivity index (χ2v) is 9.80. The second-order valence-electron chi connectivity index (χ2n) is 9.80.